The predicted octanol–water partition coefficient (Wildman–Crippen LogP) is 3.61. The summed E-state index contributed by atoms with van der Waals surface area (Å²) >= 11 is 0. The molecule has 0 amide bonds. The minimum absolute atomic E-state index is 0.548. The number of methoxy groups -OCH3 is 1. The zero-order valence-electron chi connectivity index (χ0n) is 11.7. The second kappa shape index (κ2) is 11.4. The van der Waals surface area contributed by atoms with Gasteiger partial charge in [-0.25, -0.2) is 0 Å². The van der Waals surface area contributed by atoms with Crippen LogP contribution >= 0.6 is 0 Å². The van der Waals surface area contributed by atoms with Gasteiger partial charge in [0, 0.05) is 13.2 Å². The molecule has 0 aliphatic rings. The fraction of sp³-hybridized carbons (Fsp3) is 1.00. The van der Waals surface area contributed by atoms with E-state index in [2.05, 4.69) is 26.1 Å². The summed E-state index contributed by atoms with van der Waals surface area (Å²) in [6.07, 6.45) is 7.82. The molecule has 0 spiro atoms. The highest BCUT2D eigenvalue weighted by molar-refractivity contribution is 4.71. The Kier molecular flexibility index (Phi) is 11.3. The molecule has 2 heteroatoms. The lowest BCUT2D eigenvalue weighted by Gasteiger charge is -2.23. The third kappa shape index (κ3) is 8.12. The van der Waals surface area contributed by atoms with Crippen LogP contribution in [-0.4, -0.2) is 26.3 Å². The van der Waals surface area contributed by atoms with Crippen molar-refractivity contribution in [3.8, 4) is 0 Å². The second-order valence-corrected chi connectivity index (χ2v) is 4.76. The maximum absolute atomic E-state index is 5.29. The molecule has 0 heterocycles. The van der Waals surface area contributed by atoms with E-state index in [1.54, 1.807) is 7.11 Å². The van der Waals surface area contributed by atoms with E-state index in [0.29, 0.717) is 6.04 Å². The molecule has 0 aromatic rings. The van der Waals surface area contributed by atoms with Crippen molar-refractivity contribution in [2.24, 2.45) is 5.92 Å². The van der Waals surface area contributed by atoms with E-state index in [0.717, 1.165) is 19.1 Å². The Morgan fingerprint density at radius 2 is 1.88 bits per heavy atom. The Balaban J connectivity index is 3.90. The van der Waals surface area contributed by atoms with E-state index < -0.39 is 0 Å². The van der Waals surface area contributed by atoms with Crippen LogP contribution in [0.5, 0.6) is 0 Å². The van der Waals surface area contributed by atoms with Gasteiger partial charge in [0.05, 0.1) is 6.61 Å². The minimum Gasteiger partial charge on any atom is -0.383 e. The Labute approximate surface area is 102 Å². The monoisotopic (exact) mass is 229 g/mol. The Hall–Kier alpha value is -0.0800. The molecule has 0 aliphatic carbocycles. The highest BCUT2D eigenvalue weighted by Crippen LogP contribution is 2.18. The third-order valence-corrected chi connectivity index (χ3v) is 3.21. The summed E-state index contributed by atoms with van der Waals surface area (Å²) in [5, 5.41) is 3.59. The summed E-state index contributed by atoms with van der Waals surface area (Å²) in [7, 11) is 1.80. The quantitative estimate of drug-likeness (QED) is 0.584. The van der Waals surface area contributed by atoms with Gasteiger partial charge in [0.15, 0.2) is 0 Å². The maximum atomic E-state index is 5.29. The lowest BCUT2D eigenvalue weighted by molar-refractivity contribution is 0.152. The van der Waals surface area contributed by atoms with Gasteiger partial charge in [0.1, 0.15) is 0 Å². The van der Waals surface area contributed by atoms with Crippen LogP contribution in [0.4, 0.5) is 0 Å². The van der Waals surface area contributed by atoms with Gasteiger partial charge in [-0.2, -0.15) is 0 Å². The molecule has 0 aromatic carbocycles. The van der Waals surface area contributed by atoms with Gasteiger partial charge < -0.3 is 10.1 Å². The van der Waals surface area contributed by atoms with Crippen LogP contribution in [0, 0.1) is 5.92 Å². The van der Waals surface area contributed by atoms with Crippen LogP contribution in [0.2, 0.25) is 0 Å². The number of hydrogen-bond donors (Lipinski definition) is 1. The van der Waals surface area contributed by atoms with Crippen LogP contribution in [0.25, 0.3) is 0 Å². The van der Waals surface area contributed by atoms with Gasteiger partial charge in [-0.3, -0.25) is 0 Å². The van der Waals surface area contributed by atoms with Crippen molar-refractivity contribution in [2.45, 2.75) is 65.3 Å². The molecule has 0 saturated heterocycles. The summed E-state index contributed by atoms with van der Waals surface area (Å²) in [6, 6.07) is 0.548. The molecule has 16 heavy (non-hydrogen) atoms. The average molecular weight is 229 g/mol. The highest BCUT2D eigenvalue weighted by Gasteiger charge is 2.14. The lowest BCUT2D eigenvalue weighted by atomic mass is 9.92. The Morgan fingerprint density at radius 3 is 2.38 bits per heavy atom. The molecule has 2 unspecified atom stereocenters. The molecule has 0 radical (unpaired) electrons. The van der Waals surface area contributed by atoms with Crippen molar-refractivity contribution in [2.75, 3.05) is 20.3 Å². The molecule has 0 aliphatic heterocycles. The number of nitrogens with one attached hydrogen (secondary N) is 1. The first-order valence-corrected chi connectivity index (χ1v) is 7.00. The van der Waals surface area contributed by atoms with E-state index in [9.17, 15) is 0 Å². The van der Waals surface area contributed by atoms with E-state index in [1.807, 2.05) is 0 Å². The third-order valence-electron chi connectivity index (χ3n) is 3.21. The van der Waals surface area contributed by atoms with Crippen molar-refractivity contribution in [1.82, 2.24) is 5.32 Å². The first kappa shape index (κ1) is 15.9. The van der Waals surface area contributed by atoms with Crippen molar-refractivity contribution in [3.05, 3.63) is 0 Å². The SMILES string of the molecule is CCCCC(CC)CC(COC)NCCC. The van der Waals surface area contributed by atoms with E-state index >= 15 is 0 Å². The summed E-state index contributed by atoms with van der Waals surface area (Å²) < 4.78 is 5.29. The number of hydrogen-bond acceptors (Lipinski definition) is 2. The second-order valence-electron chi connectivity index (χ2n) is 4.76. The average Bonchev–Trinajstić information content (AvgIpc) is 2.31. The summed E-state index contributed by atoms with van der Waals surface area (Å²) in [5.74, 6) is 0.865. The molecular formula is C14H31NO. The first-order valence-electron chi connectivity index (χ1n) is 7.00. The largest absolute Gasteiger partial charge is 0.383 e. The molecule has 1 N–H and O–H groups in total. The van der Waals surface area contributed by atoms with Crippen LogP contribution in [0.15, 0.2) is 0 Å². The van der Waals surface area contributed by atoms with Gasteiger partial charge in [-0.1, -0.05) is 46.5 Å². The minimum atomic E-state index is 0.548. The van der Waals surface area contributed by atoms with Crippen LogP contribution in [-0.2, 0) is 4.74 Å². The maximum Gasteiger partial charge on any atom is 0.0615 e. The summed E-state index contributed by atoms with van der Waals surface area (Å²) in [5.41, 5.74) is 0. The fourth-order valence-electron chi connectivity index (χ4n) is 2.14. The van der Waals surface area contributed by atoms with Gasteiger partial charge in [-0.15, -0.1) is 0 Å². The van der Waals surface area contributed by atoms with Gasteiger partial charge in [-0.05, 0) is 25.3 Å². The van der Waals surface area contributed by atoms with Gasteiger partial charge in [0.25, 0.3) is 0 Å². The topological polar surface area (TPSA) is 21.3 Å². The number of ether oxygens (including phenoxy) is 1. The summed E-state index contributed by atoms with van der Waals surface area (Å²) in [6.45, 7) is 8.75. The standard InChI is InChI=1S/C14H31NO/c1-5-8-9-13(7-3)11-14(12-16-4)15-10-6-2/h13-15H,5-12H2,1-4H3. The number of rotatable bonds is 11. The molecule has 0 saturated carbocycles. The van der Waals surface area contributed by atoms with Gasteiger partial charge in [0.2, 0.25) is 0 Å². The van der Waals surface area contributed by atoms with Crippen molar-refractivity contribution >= 4 is 0 Å². The molecule has 2 atom stereocenters. The van der Waals surface area contributed by atoms with Crippen molar-refractivity contribution < 1.29 is 4.74 Å². The normalized spacial score (nSPS) is 15.0. The molecule has 0 fully saturated rings. The van der Waals surface area contributed by atoms with E-state index in [1.165, 1.54) is 38.5 Å². The zero-order valence-corrected chi connectivity index (χ0v) is 11.7. The lowest BCUT2D eigenvalue weighted by Crippen LogP contribution is -2.35. The molecule has 0 bridgehead atoms. The smallest absolute Gasteiger partial charge is 0.0615 e. The Morgan fingerprint density at radius 1 is 1.12 bits per heavy atom. The predicted molar refractivity (Wildman–Crippen MR) is 71.9 cm³/mol. The first-order chi connectivity index (χ1) is 7.78. The molecular weight excluding hydrogens is 198 g/mol. The van der Waals surface area contributed by atoms with Crippen molar-refractivity contribution in [3.63, 3.8) is 0 Å². The van der Waals surface area contributed by atoms with Gasteiger partial charge >= 0.3 is 0 Å². The van der Waals surface area contributed by atoms with Crippen LogP contribution in [0.3, 0.4) is 0 Å². The zero-order chi connectivity index (χ0) is 12.2. The number of unbranched alkanes of at least 4 members (excludes halogenated alkanes) is 1. The van der Waals surface area contributed by atoms with Crippen LogP contribution in [0.1, 0.15) is 59.3 Å². The highest BCUT2D eigenvalue weighted by atomic mass is 16.5. The molecule has 98 valence electrons. The van der Waals surface area contributed by atoms with Crippen LogP contribution < -0.4 is 5.32 Å². The molecule has 2 nitrogen and oxygen atoms in total. The summed E-state index contributed by atoms with van der Waals surface area (Å²) in [4.78, 5) is 0. The van der Waals surface area contributed by atoms with Crippen molar-refractivity contribution in [1.29, 1.82) is 0 Å². The molecule has 0 rings (SSSR count). The molecule has 0 aromatic heterocycles. The fourth-order valence-corrected chi connectivity index (χ4v) is 2.14. The Bertz CT molecular complexity index is 139. The van der Waals surface area contributed by atoms with E-state index in [-0.39, 0.29) is 0 Å². The van der Waals surface area contributed by atoms with E-state index in [4.69, 9.17) is 4.74 Å².